The van der Waals surface area contributed by atoms with Crippen LogP contribution in [0.5, 0.6) is 0 Å². The molecule has 0 radical (unpaired) electrons. The lowest BCUT2D eigenvalue weighted by Gasteiger charge is -2.07. The van der Waals surface area contributed by atoms with Crippen LogP contribution in [0.3, 0.4) is 0 Å². The second kappa shape index (κ2) is 7.39. The van der Waals surface area contributed by atoms with E-state index in [0.717, 1.165) is 16.9 Å². The molecule has 0 fully saturated rings. The van der Waals surface area contributed by atoms with Crippen molar-refractivity contribution in [1.29, 1.82) is 0 Å². The molecule has 0 aliphatic rings. The van der Waals surface area contributed by atoms with Gasteiger partial charge in [0.25, 0.3) is 0 Å². The molecule has 7 nitrogen and oxygen atoms in total. The Labute approximate surface area is 145 Å². The molecule has 2 heterocycles. The van der Waals surface area contributed by atoms with Gasteiger partial charge in [0.05, 0.1) is 17.6 Å². The van der Waals surface area contributed by atoms with Gasteiger partial charge in [0.2, 0.25) is 5.91 Å². The highest BCUT2D eigenvalue weighted by molar-refractivity contribution is 5.99. The van der Waals surface area contributed by atoms with Crippen molar-refractivity contribution in [1.82, 2.24) is 19.7 Å². The van der Waals surface area contributed by atoms with Crippen LogP contribution in [0.1, 0.15) is 6.92 Å². The third-order valence-electron chi connectivity index (χ3n) is 3.39. The highest BCUT2D eigenvalue weighted by Gasteiger charge is 2.05. The van der Waals surface area contributed by atoms with Gasteiger partial charge in [-0.2, -0.15) is 5.10 Å². The lowest BCUT2D eigenvalue weighted by molar-refractivity contribution is -0.111. The summed E-state index contributed by atoms with van der Waals surface area (Å²) in [5.41, 5.74) is 3.19. The molecule has 3 aromatic rings. The van der Waals surface area contributed by atoms with Gasteiger partial charge in [0.15, 0.2) is 0 Å². The van der Waals surface area contributed by atoms with Gasteiger partial charge in [-0.3, -0.25) is 9.48 Å². The first-order valence-electron chi connectivity index (χ1n) is 7.76. The SMILES string of the molecule is CC=CC(=O)Nc1cccc(-c2cc(Nc3cnn(C)c3)ncn2)c1. The summed E-state index contributed by atoms with van der Waals surface area (Å²) in [5.74, 6) is 0.502. The van der Waals surface area contributed by atoms with E-state index < -0.39 is 0 Å². The molecule has 3 rings (SSSR count). The normalized spacial score (nSPS) is 10.8. The molecule has 0 spiro atoms. The Balaban J connectivity index is 1.82. The van der Waals surface area contributed by atoms with E-state index in [-0.39, 0.29) is 5.91 Å². The molecular formula is C18H18N6O. The Kier molecular flexibility index (Phi) is 4.84. The average molecular weight is 334 g/mol. The minimum Gasteiger partial charge on any atom is -0.338 e. The summed E-state index contributed by atoms with van der Waals surface area (Å²) < 4.78 is 1.71. The monoisotopic (exact) mass is 334 g/mol. The lowest BCUT2D eigenvalue weighted by atomic mass is 10.1. The van der Waals surface area contributed by atoms with E-state index in [1.54, 1.807) is 23.9 Å². The van der Waals surface area contributed by atoms with Crippen LogP contribution in [-0.2, 0) is 11.8 Å². The molecule has 1 aromatic carbocycles. The van der Waals surface area contributed by atoms with E-state index in [4.69, 9.17) is 0 Å². The van der Waals surface area contributed by atoms with E-state index in [1.807, 2.05) is 43.6 Å². The number of carbonyl (C=O) groups is 1. The summed E-state index contributed by atoms with van der Waals surface area (Å²) in [6, 6.07) is 9.36. The molecular weight excluding hydrogens is 316 g/mol. The van der Waals surface area contributed by atoms with Gasteiger partial charge in [-0.15, -0.1) is 0 Å². The lowest BCUT2D eigenvalue weighted by Crippen LogP contribution is -2.07. The molecule has 0 unspecified atom stereocenters. The van der Waals surface area contributed by atoms with Crippen LogP contribution >= 0.6 is 0 Å². The number of anilines is 3. The summed E-state index contributed by atoms with van der Waals surface area (Å²) in [6.07, 6.45) is 8.25. The van der Waals surface area contributed by atoms with Gasteiger partial charge in [0, 0.05) is 30.6 Å². The topological polar surface area (TPSA) is 84.7 Å². The number of carbonyl (C=O) groups excluding carboxylic acids is 1. The van der Waals surface area contributed by atoms with E-state index in [1.165, 1.54) is 12.4 Å². The van der Waals surface area contributed by atoms with E-state index in [0.29, 0.717) is 11.5 Å². The van der Waals surface area contributed by atoms with E-state index >= 15 is 0 Å². The summed E-state index contributed by atoms with van der Waals surface area (Å²) in [7, 11) is 1.85. The van der Waals surface area contributed by atoms with Gasteiger partial charge in [-0.05, 0) is 25.1 Å². The van der Waals surface area contributed by atoms with Crippen molar-refractivity contribution in [3.63, 3.8) is 0 Å². The summed E-state index contributed by atoms with van der Waals surface area (Å²) >= 11 is 0. The van der Waals surface area contributed by atoms with E-state index in [9.17, 15) is 4.79 Å². The zero-order chi connectivity index (χ0) is 17.6. The van der Waals surface area contributed by atoms with Crippen molar-refractivity contribution in [2.24, 2.45) is 7.05 Å². The van der Waals surface area contributed by atoms with Crippen LogP contribution in [0.4, 0.5) is 17.2 Å². The van der Waals surface area contributed by atoms with Gasteiger partial charge >= 0.3 is 0 Å². The maximum atomic E-state index is 11.7. The van der Waals surface area contributed by atoms with Crippen LogP contribution < -0.4 is 10.6 Å². The van der Waals surface area contributed by atoms with Crippen molar-refractivity contribution in [2.45, 2.75) is 6.92 Å². The van der Waals surface area contributed by atoms with Gasteiger partial charge in [-0.1, -0.05) is 18.2 Å². The van der Waals surface area contributed by atoms with Crippen LogP contribution in [0, 0.1) is 0 Å². The Bertz CT molecular complexity index is 915. The minimum absolute atomic E-state index is 0.165. The Morgan fingerprint density at radius 1 is 1.20 bits per heavy atom. The zero-order valence-electron chi connectivity index (χ0n) is 14.0. The fourth-order valence-electron chi connectivity index (χ4n) is 2.31. The third-order valence-corrected chi connectivity index (χ3v) is 3.39. The van der Waals surface area contributed by atoms with Crippen LogP contribution in [0.2, 0.25) is 0 Å². The first-order valence-corrected chi connectivity index (χ1v) is 7.76. The number of hydrogen-bond donors (Lipinski definition) is 2. The molecule has 126 valence electrons. The molecule has 0 saturated heterocycles. The molecule has 0 bridgehead atoms. The molecule has 2 aromatic heterocycles. The zero-order valence-corrected chi connectivity index (χ0v) is 14.0. The highest BCUT2D eigenvalue weighted by Crippen LogP contribution is 2.23. The molecule has 7 heteroatoms. The molecule has 0 aliphatic carbocycles. The van der Waals surface area contributed by atoms with Crippen molar-refractivity contribution >= 4 is 23.1 Å². The fourth-order valence-corrected chi connectivity index (χ4v) is 2.31. The minimum atomic E-state index is -0.165. The number of aryl methyl sites for hydroxylation is 1. The molecule has 0 atom stereocenters. The summed E-state index contributed by atoms with van der Waals surface area (Å²) in [6.45, 7) is 1.80. The Morgan fingerprint density at radius 3 is 2.84 bits per heavy atom. The molecule has 0 saturated carbocycles. The predicted molar refractivity (Wildman–Crippen MR) is 97.4 cm³/mol. The number of nitrogens with zero attached hydrogens (tertiary/aromatic N) is 4. The largest absolute Gasteiger partial charge is 0.338 e. The fraction of sp³-hybridized carbons (Fsp3) is 0.111. The van der Waals surface area contributed by atoms with E-state index in [2.05, 4.69) is 25.7 Å². The first-order chi connectivity index (χ1) is 12.1. The third kappa shape index (κ3) is 4.29. The van der Waals surface area contributed by atoms with Crippen LogP contribution in [0.25, 0.3) is 11.3 Å². The van der Waals surface area contributed by atoms with Gasteiger partial charge in [-0.25, -0.2) is 9.97 Å². The number of nitrogens with one attached hydrogen (secondary N) is 2. The highest BCUT2D eigenvalue weighted by atomic mass is 16.1. The number of benzene rings is 1. The van der Waals surface area contributed by atoms with Crippen molar-refractivity contribution in [2.75, 3.05) is 10.6 Å². The van der Waals surface area contributed by atoms with Crippen molar-refractivity contribution < 1.29 is 4.79 Å². The quantitative estimate of drug-likeness (QED) is 0.700. The number of amides is 1. The average Bonchev–Trinajstić information content (AvgIpc) is 3.00. The Morgan fingerprint density at radius 2 is 2.08 bits per heavy atom. The molecule has 0 aliphatic heterocycles. The number of aromatic nitrogens is 4. The van der Waals surface area contributed by atoms with Crippen molar-refractivity contribution in [3.8, 4) is 11.3 Å². The van der Waals surface area contributed by atoms with Crippen LogP contribution in [-0.4, -0.2) is 25.7 Å². The van der Waals surface area contributed by atoms with Crippen LogP contribution in [0.15, 0.2) is 61.2 Å². The second-order valence-electron chi connectivity index (χ2n) is 5.39. The number of rotatable bonds is 5. The Hall–Kier alpha value is -3.48. The smallest absolute Gasteiger partial charge is 0.248 e. The second-order valence-corrected chi connectivity index (χ2v) is 5.39. The first kappa shape index (κ1) is 16.4. The molecule has 2 N–H and O–H groups in total. The summed E-state index contributed by atoms with van der Waals surface area (Å²) in [4.78, 5) is 20.2. The maximum absolute atomic E-state index is 11.7. The van der Waals surface area contributed by atoms with Gasteiger partial charge in [0.1, 0.15) is 12.1 Å². The number of hydrogen-bond acceptors (Lipinski definition) is 5. The number of allylic oxidation sites excluding steroid dienone is 1. The summed E-state index contributed by atoms with van der Waals surface area (Å²) in [5, 5.41) is 10.1. The standard InChI is InChI=1S/C18H18N6O/c1-3-5-18(25)23-14-7-4-6-13(8-14)16-9-17(20-12-19-16)22-15-10-21-24(2)11-15/h3-12H,1-2H3,(H,23,25)(H,19,20,22). The van der Waals surface area contributed by atoms with Gasteiger partial charge < -0.3 is 10.6 Å². The molecule has 25 heavy (non-hydrogen) atoms. The maximum Gasteiger partial charge on any atom is 0.248 e. The predicted octanol–water partition coefficient (Wildman–Crippen LogP) is 3.14. The molecule has 1 amide bonds. The van der Waals surface area contributed by atoms with Crippen molar-refractivity contribution in [3.05, 3.63) is 61.2 Å².